The molecule has 2 aromatic heterocycles. The third-order valence-electron chi connectivity index (χ3n) is 4.62. The Hall–Kier alpha value is -2.31. The SMILES string of the molecule is CCN(CC)CCCn1c(-c2ccco2)csc1=Nc1ccc(OC)cc1. The smallest absolute Gasteiger partial charge is 0.190 e. The molecule has 0 fully saturated rings. The van der Waals surface area contributed by atoms with Crippen LogP contribution in [-0.4, -0.2) is 36.2 Å². The van der Waals surface area contributed by atoms with Gasteiger partial charge in [0.2, 0.25) is 0 Å². The predicted molar refractivity (Wildman–Crippen MR) is 111 cm³/mol. The van der Waals surface area contributed by atoms with Crippen molar-refractivity contribution in [1.82, 2.24) is 9.47 Å². The van der Waals surface area contributed by atoms with Crippen molar-refractivity contribution in [1.29, 1.82) is 0 Å². The fourth-order valence-electron chi connectivity index (χ4n) is 3.02. The van der Waals surface area contributed by atoms with E-state index in [1.807, 2.05) is 36.4 Å². The maximum absolute atomic E-state index is 5.64. The largest absolute Gasteiger partial charge is 0.497 e. The molecule has 0 saturated carbocycles. The molecule has 6 heteroatoms. The Kier molecular flexibility index (Phi) is 6.90. The second-order valence-electron chi connectivity index (χ2n) is 6.22. The molecule has 0 aliphatic heterocycles. The molecular weight excluding hydrogens is 358 g/mol. The van der Waals surface area contributed by atoms with E-state index in [9.17, 15) is 0 Å². The van der Waals surface area contributed by atoms with Gasteiger partial charge >= 0.3 is 0 Å². The summed E-state index contributed by atoms with van der Waals surface area (Å²) in [4.78, 5) is 8.28. The van der Waals surface area contributed by atoms with Crippen molar-refractivity contribution >= 4 is 17.0 Å². The monoisotopic (exact) mass is 385 g/mol. The summed E-state index contributed by atoms with van der Waals surface area (Å²) >= 11 is 1.64. The van der Waals surface area contributed by atoms with Gasteiger partial charge in [-0.15, -0.1) is 11.3 Å². The third kappa shape index (κ3) is 4.90. The van der Waals surface area contributed by atoms with Crippen LogP contribution >= 0.6 is 11.3 Å². The summed E-state index contributed by atoms with van der Waals surface area (Å²) in [6.45, 7) is 8.57. The summed E-state index contributed by atoms with van der Waals surface area (Å²) in [5.74, 6) is 1.72. The minimum atomic E-state index is 0.837. The highest BCUT2D eigenvalue weighted by Crippen LogP contribution is 2.22. The molecule has 0 bridgehead atoms. The maximum atomic E-state index is 5.64. The van der Waals surface area contributed by atoms with Crippen LogP contribution < -0.4 is 9.54 Å². The van der Waals surface area contributed by atoms with Crippen LogP contribution in [0.5, 0.6) is 5.75 Å². The quantitative estimate of drug-likeness (QED) is 0.532. The van der Waals surface area contributed by atoms with Gasteiger partial charge in [0, 0.05) is 11.9 Å². The summed E-state index contributed by atoms with van der Waals surface area (Å²) in [5, 5.41) is 2.12. The number of nitrogens with zero attached hydrogens (tertiary/aromatic N) is 3. The Morgan fingerprint density at radius 2 is 1.93 bits per heavy atom. The predicted octanol–water partition coefficient (Wildman–Crippen LogP) is 4.78. The number of thiazole rings is 1. The molecule has 3 rings (SSSR count). The van der Waals surface area contributed by atoms with Gasteiger partial charge < -0.3 is 18.6 Å². The number of aromatic nitrogens is 1. The van der Waals surface area contributed by atoms with Crippen LogP contribution in [0.3, 0.4) is 0 Å². The first kappa shape index (κ1) is 19.5. The van der Waals surface area contributed by atoms with Crippen LogP contribution in [-0.2, 0) is 6.54 Å². The zero-order valence-corrected chi connectivity index (χ0v) is 17.0. The molecule has 0 amide bonds. The molecule has 0 spiro atoms. The topological polar surface area (TPSA) is 42.9 Å². The van der Waals surface area contributed by atoms with Crippen LogP contribution in [0.2, 0.25) is 0 Å². The van der Waals surface area contributed by atoms with Crippen molar-refractivity contribution < 1.29 is 9.15 Å². The van der Waals surface area contributed by atoms with E-state index in [0.717, 1.165) is 60.3 Å². The zero-order valence-electron chi connectivity index (χ0n) is 16.2. The fraction of sp³-hybridized carbons (Fsp3) is 0.381. The van der Waals surface area contributed by atoms with Gasteiger partial charge in [-0.25, -0.2) is 4.99 Å². The molecule has 3 aromatic rings. The molecule has 0 aliphatic rings. The Morgan fingerprint density at radius 3 is 2.56 bits per heavy atom. The molecule has 0 atom stereocenters. The standard InChI is InChI=1S/C21H27N3O2S/c1-4-23(5-2)13-7-14-24-19(20-8-6-15-26-20)16-27-21(24)22-17-9-11-18(25-3)12-10-17/h6,8-12,15-16H,4-5,7,13-14H2,1-3H3. The van der Waals surface area contributed by atoms with E-state index in [2.05, 4.69) is 28.7 Å². The number of benzene rings is 1. The highest BCUT2D eigenvalue weighted by atomic mass is 32.1. The molecule has 5 nitrogen and oxygen atoms in total. The molecule has 0 unspecified atom stereocenters. The van der Waals surface area contributed by atoms with Gasteiger partial charge in [-0.1, -0.05) is 13.8 Å². The van der Waals surface area contributed by atoms with Crippen LogP contribution in [0, 0.1) is 0 Å². The van der Waals surface area contributed by atoms with Crippen molar-refractivity contribution in [2.24, 2.45) is 4.99 Å². The first-order chi connectivity index (χ1) is 13.2. The van der Waals surface area contributed by atoms with Gasteiger partial charge in [-0.3, -0.25) is 0 Å². The molecule has 144 valence electrons. The van der Waals surface area contributed by atoms with E-state index in [-0.39, 0.29) is 0 Å². The van der Waals surface area contributed by atoms with E-state index in [0.29, 0.717) is 0 Å². The summed E-state index contributed by atoms with van der Waals surface area (Å²) in [7, 11) is 1.67. The molecular formula is C21H27N3O2S. The zero-order chi connectivity index (χ0) is 19.1. The van der Waals surface area contributed by atoms with Crippen molar-refractivity contribution in [3.63, 3.8) is 0 Å². The van der Waals surface area contributed by atoms with Gasteiger partial charge in [0.25, 0.3) is 0 Å². The normalized spacial score (nSPS) is 12.1. The second kappa shape index (κ2) is 9.58. The van der Waals surface area contributed by atoms with Crippen LogP contribution in [0.15, 0.2) is 57.5 Å². The average molecular weight is 386 g/mol. The number of methoxy groups -OCH3 is 1. The molecule has 0 saturated heterocycles. The van der Waals surface area contributed by atoms with E-state index in [1.165, 1.54) is 0 Å². The van der Waals surface area contributed by atoms with Gasteiger partial charge in [-0.2, -0.15) is 0 Å². The number of furan rings is 1. The Labute approximate surface area is 164 Å². The van der Waals surface area contributed by atoms with Crippen LogP contribution in [0.25, 0.3) is 11.5 Å². The highest BCUT2D eigenvalue weighted by molar-refractivity contribution is 7.07. The van der Waals surface area contributed by atoms with E-state index < -0.39 is 0 Å². The van der Waals surface area contributed by atoms with Gasteiger partial charge in [-0.05, 0) is 62.5 Å². The lowest BCUT2D eigenvalue weighted by atomic mass is 10.3. The number of rotatable bonds is 9. The average Bonchev–Trinajstić information content (AvgIpc) is 3.36. The van der Waals surface area contributed by atoms with Crippen molar-refractivity contribution in [3.8, 4) is 17.2 Å². The lowest BCUT2D eigenvalue weighted by Crippen LogP contribution is -2.26. The first-order valence-corrected chi connectivity index (χ1v) is 10.3. The van der Waals surface area contributed by atoms with Crippen LogP contribution in [0.4, 0.5) is 5.69 Å². The lowest BCUT2D eigenvalue weighted by molar-refractivity contribution is 0.293. The molecule has 2 heterocycles. The summed E-state index contributed by atoms with van der Waals surface area (Å²) in [6.07, 6.45) is 2.79. The third-order valence-corrected chi connectivity index (χ3v) is 5.48. The molecule has 0 radical (unpaired) electrons. The Bertz CT molecular complexity index is 875. The highest BCUT2D eigenvalue weighted by Gasteiger charge is 2.11. The Morgan fingerprint density at radius 1 is 1.15 bits per heavy atom. The number of hydrogen-bond acceptors (Lipinski definition) is 5. The van der Waals surface area contributed by atoms with E-state index >= 15 is 0 Å². The van der Waals surface area contributed by atoms with Crippen LogP contribution in [0.1, 0.15) is 20.3 Å². The summed E-state index contributed by atoms with van der Waals surface area (Å²) in [6, 6.07) is 11.7. The van der Waals surface area contributed by atoms with E-state index in [1.54, 1.807) is 24.7 Å². The Balaban J connectivity index is 1.89. The lowest BCUT2D eigenvalue weighted by Gasteiger charge is -2.18. The molecule has 0 N–H and O–H groups in total. The van der Waals surface area contributed by atoms with Gasteiger partial charge in [0.1, 0.15) is 5.75 Å². The number of ether oxygens (including phenoxy) is 1. The number of hydrogen-bond donors (Lipinski definition) is 0. The molecule has 27 heavy (non-hydrogen) atoms. The summed E-state index contributed by atoms with van der Waals surface area (Å²) < 4.78 is 13.1. The first-order valence-electron chi connectivity index (χ1n) is 9.38. The van der Waals surface area contributed by atoms with E-state index in [4.69, 9.17) is 14.1 Å². The minimum absolute atomic E-state index is 0.837. The molecule has 1 aromatic carbocycles. The summed E-state index contributed by atoms with van der Waals surface area (Å²) in [5.41, 5.74) is 2.00. The maximum Gasteiger partial charge on any atom is 0.190 e. The van der Waals surface area contributed by atoms with Crippen molar-refractivity contribution in [2.75, 3.05) is 26.7 Å². The van der Waals surface area contributed by atoms with Crippen molar-refractivity contribution in [2.45, 2.75) is 26.8 Å². The van der Waals surface area contributed by atoms with Gasteiger partial charge in [0.15, 0.2) is 10.6 Å². The molecule has 0 aliphatic carbocycles. The van der Waals surface area contributed by atoms with Crippen molar-refractivity contribution in [3.05, 3.63) is 52.8 Å². The van der Waals surface area contributed by atoms with Gasteiger partial charge in [0.05, 0.1) is 24.8 Å². The fourth-order valence-corrected chi connectivity index (χ4v) is 3.95. The minimum Gasteiger partial charge on any atom is -0.497 e. The second-order valence-corrected chi connectivity index (χ2v) is 7.06.